The van der Waals surface area contributed by atoms with Crippen molar-refractivity contribution in [2.45, 2.75) is 18.9 Å². The Morgan fingerprint density at radius 1 is 1.26 bits per heavy atom. The monoisotopic (exact) mass is 266 g/mol. The second-order valence-electron chi connectivity index (χ2n) is 4.50. The number of hydrazine groups is 1. The van der Waals surface area contributed by atoms with Gasteiger partial charge in [-0.25, -0.2) is 13.8 Å². The third kappa shape index (κ3) is 3.59. The molecule has 0 aliphatic carbocycles. The van der Waals surface area contributed by atoms with E-state index in [0.29, 0.717) is 18.4 Å². The average Bonchev–Trinajstić information content (AvgIpc) is 2.73. The van der Waals surface area contributed by atoms with Gasteiger partial charge in [-0.1, -0.05) is 0 Å². The molecular formula is C13H16F2N4. The van der Waals surface area contributed by atoms with Crippen LogP contribution in [-0.4, -0.2) is 15.6 Å². The summed E-state index contributed by atoms with van der Waals surface area (Å²) >= 11 is 0. The maximum absolute atomic E-state index is 13.1. The highest BCUT2D eigenvalue weighted by Crippen LogP contribution is 2.11. The Hall–Kier alpha value is -1.79. The van der Waals surface area contributed by atoms with Crippen LogP contribution in [0.2, 0.25) is 0 Å². The number of nitrogens with zero attached hydrogens (tertiary/aromatic N) is 2. The zero-order chi connectivity index (χ0) is 13.8. The number of nitrogens with one attached hydrogen (secondary N) is 1. The van der Waals surface area contributed by atoms with Crippen molar-refractivity contribution < 1.29 is 8.78 Å². The van der Waals surface area contributed by atoms with Gasteiger partial charge in [0.2, 0.25) is 0 Å². The maximum atomic E-state index is 13.1. The fraction of sp³-hybridized carbons (Fsp3) is 0.308. The van der Waals surface area contributed by atoms with Crippen molar-refractivity contribution in [3.8, 4) is 0 Å². The molecule has 1 unspecified atom stereocenters. The molecule has 0 saturated heterocycles. The summed E-state index contributed by atoms with van der Waals surface area (Å²) in [5.74, 6) is 5.19. The Balaban J connectivity index is 2.08. The van der Waals surface area contributed by atoms with E-state index in [1.807, 2.05) is 17.8 Å². The molecule has 0 saturated carbocycles. The first-order valence-corrected chi connectivity index (χ1v) is 5.96. The molecule has 19 heavy (non-hydrogen) atoms. The molecule has 2 aromatic rings. The number of nitrogens with two attached hydrogens (primary N) is 1. The average molecular weight is 266 g/mol. The van der Waals surface area contributed by atoms with Gasteiger partial charge in [0.25, 0.3) is 0 Å². The molecule has 0 aliphatic rings. The van der Waals surface area contributed by atoms with Gasteiger partial charge in [-0.2, -0.15) is 0 Å². The summed E-state index contributed by atoms with van der Waals surface area (Å²) < 4.78 is 28.1. The van der Waals surface area contributed by atoms with Crippen LogP contribution in [0.5, 0.6) is 0 Å². The number of benzene rings is 1. The number of imidazole rings is 1. The quantitative estimate of drug-likeness (QED) is 0.634. The lowest BCUT2D eigenvalue weighted by atomic mass is 10.0. The van der Waals surface area contributed by atoms with Crippen LogP contribution in [0.25, 0.3) is 0 Å². The van der Waals surface area contributed by atoms with Gasteiger partial charge < -0.3 is 4.57 Å². The summed E-state index contributed by atoms with van der Waals surface area (Å²) in [6.45, 7) is 0. The van der Waals surface area contributed by atoms with Crippen molar-refractivity contribution in [1.82, 2.24) is 15.0 Å². The van der Waals surface area contributed by atoms with Crippen LogP contribution in [0.1, 0.15) is 11.4 Å². The fourth-order valence-electron chi connectivity index (χ4n) is 2.02. The molecule has 6 heteroatoms. The van der Waals surface area contributed by atoms with Crippen LogP contribution >= 0.6 is 0 Å². The van der Waals surface area contributed by atoms with Crippen molar-refractivity contribution >= 4 is 0 Å². The zero-order valence-electron chi connectivity index (χ0n) is 10.6. The molecule has 0 spiro atoms. The number of aryl methyl sites for hydroxylation is 1. The second-order valence-corrected chi connectivity index (χ2v) is 4.50. The first-order chi connectivity index (χ1) is 9.08. The van der Waals surface area contributed by atoms with Crippen LogP contribution in [0.4, 0.5) is 8.78 Å². The van der Waals surface area contributed by atoms with Gasteiger partial charge in [0.15, 0.2) is 0 Å². The Labute approximate surface area is 110 Å². The van der Waals surface area contributed by atoms with Crippen molar-refractivity contribution in [2.24, 2.45) is 12.9 Å². The molecule has 3 N–H and O–H groups in total. The molecule has 0 fully saturated rings. The molecule has 1 aromatic heterocycles. The first-order valence-electron chi connectivity index (χ1n) is 5.96. The lowest BCUT2D eigenvalue weighted by molar-refractivity contribution is 0.500. The van der Waals surface area contributed by atoms with E-state index in [4.69, 9.17) is 5.84 Å². The Morgan fingerprint density at radius 3 is 2.47 bits per heavy atom. The van der Waals surface area contributed by atoms with Gasteiger partial charge in [-0.3, -0.25) is 11.3 Å². The third-order valence-electron chi connectivity index (χ3n) is 2.99. The Kier molecular flexibility index (Phi) is 4.24. The molecule has 1 aromatic carbocycles. The molecular weight excluding hydrogens is 250 g/mol. The summed E-state index contributed by atoms with van der Waals surface area (Å²) in [6, 6.07) is 3.34. The van der Waals surface area contributed by atoms with E-state index in [1.54, 1.807) is 6.20 Å². The minimum atomic E-state index is -0.581. The molecule has 4 nitrogen and oxygen atoms in total. The number of hydrogen-bond acceptors (Lipinski definition) is 3. The van der Waals surface area contributed by atoms with Crippen molar-refractivity contribution in [3.05, 3.63) is 53.6 Å². The molecule has 1 atom stereocenters. The second kappa shape index (κ2) is 5.90. The predicted molar refractivity (Wildman–Crippen MR) is 68.1 cm³/mol. The van der Waals surface area contributed by atoms with E-state index < -0.39 is 11.6 Å². The topological polar surface area (TPSA) is 55.9 Å². The molecule has 102 valence electrons. The minimum absolute atomic E-state index is 0.137. The molecule has 0 radical (unpaired) electrons. The number of aromatic nitrogens is 2. The van der Waals surface area contributed by atoms with Gasteiger partial charge >= 0.3 is 0 Å². The Bertz CT molecular complexity index is 533. The van der Waals surface area contributed by atoms with E-state index in [2.05, 4.69) is 10.4 Å². The van der Waals surface area contributed by atoms with E-state index in [1.165, 1.54) is 12.1 Å². The lowest BCUT2D eigenvalue weighted by Gasteiger charge is -2.15. The van der Waals surface area contributed by atoms with E-state index in [-0.39, 0.29) is 6.04 Å². The minimum Gasteiger partial charge on any atom is -0.338 e. The summed E-state index contributed by atoms with van der Waals surface area (Å²) in [4.78, 5) is 4.20. The van der Waals surface area contributed by atoms with Crippen molar-refractivity contribution in [3.63, 3.8) is 0 Å². The van der Waals surface area contributed by atoms with Gasteiger partial charge in [-0.15, -0.1) is 0 Å². The fourth-order valence-corrected chi connectivity index (χ4v) is 2.02. The van der Waals surface area contributed by atoms with Gasteiger partial charge in [0.1, 0.15) is 17.5 Å². The number of hydrogen-bond donors (Lipinski definition) is 2. The highest BCUT2D eigenvalue weighted by molar-refractivity contribution is 5.19. The lowest BCUT2D eigenvalue weighted by Crippen LogP contribution is -2.39. The van der Waals surface area contributed by atoms with E-state index in [9.17, 15) is 8.78 Å². The predicted octanol–water partition coefficient (Wildman–Crippen LogP) is 1.32. The smallest absolute Gasteiger partial charge is 0.126 e. The van der Waals surface area contributed by atoms with E-state index >= 15 is 0 Å². The van der Waals surface area contributed by atoms with E-state index in [0.717, 1.165) is 11.9 Å². The Morgan fingerprint density at radius 2 is 1.95 bits per heavy atom. The van der Waals surface area contributed by atoms with Crippen molar-refractivity contribution in [1.29, 1.82) is 0 Å². The van der Waals surface area contributed by atoms with Crippen LogP contribution in [0, 0.1) is 11.6 Å². The zero-order valence-corrected chi connectivity index (χ0v) is 10.6. The SMILES string of the molecule is Cn1ccnc1CC(Cc1cc(F)cc(F)c1)NN. The highest BCUT2D eigenvalue weighted by Gasteiger charge is 2.13. The summed E-state index contributed by atoms with van der Waals surface area (Å²) in [6.07, 6.45) is 4.55. The summed E-state index contributed by atoms with van der Waals surface area (Å²) in [5, 5.41) is 0. The maximum Gasteiger partial charge on any atom is 0.126 e. The summed E-state index contributed by atoms with van der Waals surface area (Å²) in [7, 11) is 1.89. The van der Waals surface area contributed by atoms with Crippen LogP contribution in [0.15, 0.2) is 30.6 Å². The standard InChI is InChI=1S/C13H16F2N4/c1-19-3-2-17-13(19)8-12(18-16)6-9-4-10(14)7-11(15)5-9/h2-5,7,12,18H,6,8,16H2,1H3. The normalized spacial score (nSPS) is 12.6. The highest BCUT2D eigenvalue weighted by atomic mass is 19.1. The molecule has 0 bridgehead atoms. The summed E-state index contributed by atoms with van der Waals surface area (Å²) in [5.41, 5.74) is 3.22. The third-order valence-corrected chi connectivity index (χ3v) is 2.99. The van der Waals surface area contributed by atoms with Crippen LogP contribution in [-0.2, 0) is 19.9 Å². The van der Waals surface area contributed by atoms with Crippen LogP contribution < -0.4 is 11.3 Å². The van der Waals surface area contributed by atoms with Gasteiger partial charge in [0, 0.05) is 38.0 Å². The number of halogens is 2. The molecule has 1 heterocycles. The molecule has 0 amide bonds. The van der Waals surface area contributed by atoms with Crippen LogP contribution in [0.3, 0.4) is 0 Å². The van der Waals surface area contributed by atoms with Gasteiger partial charge in [0.05, 0.1) is 0 Å². The molecule has 0 aliphatic heterocycles. The largest absolute Gasteiger partial charge is 0.338 e. The van der Waals surface area contributed by atoms with Crippen molar-refractivity contribution in [2.75, 3.05) is 0 Å². The van der Waals surface area contributed by atoms with Gasteiger partial charge in [-0.05, 0) is 24.1 Å². The first kappa shape index (κ1) is 13.6. The molecule has 2 rings (SSSR count). The number of rotatable bonds is 5.